The van der Waals surface area contributed by atoms with E-state index in [1.807, 2.05) is 0 Å². The average Bonchev–Trinajstić information content (AvgIpc) is 2.88. The Balaban J connectivity index is 1.72. The molecule has 1 heterocycles. The molecule has 1 N–H and O–H groups in total. The Morgan fingerprint density at radius 3 is 2.89 bits per heavy atom. The fraction of sp³-hybridized carbons (Fsp3) is 0.786. The normalized spacial score (nSPS) is 17.2. The first-order valence-electron chi connectivity index (χ1n) is 7.21. The molecular weight excluding hydrogens is 290 g/mol. The van der Waals surface area contributed by atoms with Gasteiger partial charge in [-0.15, -0.1) is 0 Å². The van der Waals surface area contributed by atoms with Crippen molar-refractivity contribution in [2.75, 3.05) is 11.9 Å². The van der Waals surface area contributed by atoms with E-state index < -0.39 is 0 Å². The summed E-state index contributed by atoms with van der Waals surface area (Å²) in [5.41, 5.74) is 1.18. The van der Waals surface area contributed by atoms with Gasteiger partial charge in [0, 0.05) is 18.1 Å². The first-order valence-corrected chi connectivity index (χ1v) is 8.33. The zero-order valence-electron chi connectivity index (χ0n) is 11.1. The van der Waals surface area contributed by atoms with Gasteiger partial charge in [-0.25, -0.2) is 0 Å². The number of rotatable bonds is 7. The first kappa shape index (κ1) is 14.1. The molecule has 0 atom stereocenters. The van der Waals surface area contributed by atoms with Crippen LogP contribution in [-0.4, -0.2) is 21.7 Å². The number of hydrogen-bond donors (Lipinski definition) is 1. The molecule has 4 heteroatoms. The number of hydrogen-bond acceptors (Lipinski definition) is 2. The van der Waals surface area contributed by atoms with Crippen LogP contribution in [0.4, 0.5) is 0 Å². The van der Waals surface area contributed by atoms with Crippen LogP contribution < -0.4 is 5.32 Å². The summed E-state index contributed by atoms with van der Waals surface area (Å²) >= 11 is 3.45. The predicted octanol–water partition coefficient (Wildman–Crippen LogP) is 3.65. The number of nitrogens with one attached hydrogen (secondary N) is 1. The van der Waals surface area contributed by atoms with Crippen molar-refractivity contribution in [2.24, 2.45) is 0 Å². The number of nitrogens with zero attached hydrogens (tertiary/aromatic N) is 2. The maximum absolute atomic E-state index is 4.70. The van der Waals surface area contributed by atoms with Gasteiger partial charge in [-0.2, -0.15) is 5.10 Å². The summed E-state index contributed by atoms with van der Waals surface area (Å²) < 4.78 is 2.19. The van der Waals surface area contributed by atoms with Crippen LogP contribution >= 0.6 is 15.9 Å². The lowest BCUT2D eigenvalue weighted by Crippen LogP contribution is -2.17. The molecule has 0 saturated heterocycles. The third-order valence-corrected chi connectivity index (χ3v) is 4.22. The minimum atomic E-state index is 0.654. The Kier molecular flexibility index (Phi) is 6.21. The second kappa shape index (κ2) is 7.95. The van der Waals surface area contributed by atoms with Crippen LogP contribution in [-0.2, 0) is 6.54 Å². The van der Waals surface area contributed by atoms with E-state index >= 15 is 0 Å². The van der Waals surface area contributed by atoms with E-state index in [-0.39, 0.29) is 0 Å². The van der Waals surface area contributed by atoms with Crippen LogP contribution in [0.5, 0.6) is 0 Å². The maximum Gasteiger partial charge on any atom is 0.0762 e. The zero-order chi connectivity index (χ0) is 12.6. The number of halogens is 1. The standard InChI is InChI=1S/C14H24BrN3/c15-9-4-5-10-16-12-13-8-11-18(17-13)14-6-2-1-3-7-14/h8,11,14,16H,1-7,9-10,12H2. The molecule has 1 saturated carbocycles. The predicted molar refractivity (Wildman–Crippen MR) is 79.1 cm³/mol. The Morgan fingerprint density at radius 2 is 2.11 bits per heavy atom. The number of aromatic nitrogens is 2. The second-order valence-electron chi connectivity index (χ2n) is 5.15. The van der Waals surface area contributed by atoms with Crippen molar-refractivity contribution < 1.29 is 0 Å². The van der Waals surface area contributed by atoms with E-state index in [4.69, 9.17) is 5.10 Å². The molecule has 2 rings (SSSR count). The molecule has 0 aliphatic heterocycles. The lowest BCUT2D eigenvalue weighted by atomic mass is 9.96. The van der Waals surface area contributed by atoms with E-state index in [1.165, 1.54) is 50.6 Å². The van der Waals surface area contributed by atoms with Gasteiger partial charge < -0.3 is 5.32 Å². The van der Waals surface area contributed by atoms with E-state index in [9.17, 15) is 0 Å². The van der Waals surface area contributed by atoms with Crippen molar-refractivity contribution >= 4 is 15.9 Å². The Labute approximate surface area is 118 Å². The van der Waals surface area contributed by atoms with Gasteiger partial charge in [-0.3, -0.25) is 4.68 Å². The fourth-order valence-electron chi connectivity index (χ4n) is 2.58. The van der Waals surface area contributed by atoms with Gasteiger partial charge in [0.05, 0.1) is 11.7 Å². The topological polar surface area (TPSA) is 29.9 Å². The molecular formula is C14H24BrN3. The van der Waals surface area contributed by atoms with Crippen LogP contribution in [0.2, 0.25) is 0 Å². The second-order valence-corrected chi connectivity index (χ2v) is 5.94. The Morgan fingerprint density at radius 1 is 1.28 bits per heavy atom. The quantitative estimate of drug-likeness (QED) is 0.615. The summed E-state index contributed by atoms with van der Waals surface area (Å²) in [4.78, 5) is 0. The maximum atomic E-state index is 4.70. The highest BCUT2D eigenvalue weighted by molar-refractivity contribution is 9.09. The van der Waals surface area contributed by atoms with E-state index in [1.54, 1.807) is 0 Å². The van der Waals surface area contributed by atoms with Crippen LogP contribution in [0.3, 0.4) is 0 Å². The number of unbranched alkanes of at least 4 members (excludes halogenated alkanes) is 1. The fourth-order valence-corrected chi connectivity index (χ4v) is 2.98. The molecule has 1 fully saturated rings. The highest BCUT2D eigenvalue weighted by Crippen LogP contribution is 2.27. The minimum absolute atomic E-state index is 0.654. The highest BCUT2D eigenvalue weighted by Gasteiger charge is 2.15. The third-order valence-electron chi connectivity index (χ3n) is 3.66. The van der Waals surface area contributed by atoms with Gasteiger partial charge in [-0.05, 0) is 38.3 Å². The van der Waals surface area contributed by atoms with Crippen LogP contribution in [0.15, 0.2) is 12.3 Å². The minimum Gasteiger partial charge on any atom is -0.311 e. The molecule has 1 aliphatic rings. The lowest BCUT2D eigenvalue weighted by molar-refractivity contribution is 0.327. The Hall–Kier alpha value is -0.350. The molecule has 0 aromatic carbocycles. The molecule has 1 aliphatic carbocycles. The van der Waals surface area contributed by atoms with Crippen molar-refractivity contribution in [3.8, 4) is 0 Å². The molecule has 0 unspecified atom stereocenters. The molecule has 0 radical (unpaired) electrons. The highest BCUT2D eigenvalue weighted by atomic mass is 79.9. The van der Waals surface area contributed by atoms with E-state index in [0.717, 1.165) is 18.4 Å². The molecule has 18 heavy (non-hydrogen) atoms. The van der Waals surface area contributed by atoms with Crippen LogP contribution in [0.1, 0.15) is 56.7 Å². The van der Waals surface area contributed by atoms with Crippen LogP contribution in [0, 0.1) is 0 Å². The lowest BCUT2D eigenvalue weighted by Gasteiger charge is -2.21. The summed E-state index contributed by atoms with van der Waals surface area (Å²) in [7, 11) is 0. The van der Waals surface area contributed by atoms with Gasteiger partial charge in [0.1, 0.15) is 0 Å². The van der Waals surface area contributed by atoms with Gasteiger partial charge >= 0.3 is 0 Å². The largest absolute Gasteiger partial charge is 0.311 e. The molecule has 3 nitrogen and oxygen atoms in total. The van der Waals surface area contributed by atoms with Crippen molar-refractivity contribution in [1.29, 1.82) is 0 Å². The molecule has 102 valence electrons. The first-order chi connectivity index (χ1) is 8.90. The summed E-state index contributed by atoms with van der Waals surface area (Å²) in [6.45, 7) is 1.99. The molecule has 1 aromatic heterocycles. The molecule has 0 spiro atoms. The van der Waals surface area contributed by atoms with Crippen molar-refractivity contribution in [3.05, 3.63) is 18.0 Å². The van der Waals surface area contributed by atoms with Crippen molar-refractivity contribution in [2.45, 2.75) is 57.5 Å². The summed E-state index contributed by atoms with van der Waals surface area (Å²) in [5.74, 6) is 0. The summed E-state index contributed by atoms with van der Waals surface area (Å²) in [6.07, 6.45) is 11.4. The van der Waals surface area contributed by atoms with Gasteiger partial charge in [0.25, 0.3) is 0 Å². The van der Waals surface area contributed by atoms with Crippen molar-refractivity contribution in [1.82, 2.24) is 15.1 Å². The van der Waals surface area contributed by atoms with Crippen molar-refractivity contribution in [3.63, 3.8) is 0 Å². The van der Waals surface area contributed by atoms with Gasteiger partial charge in [0.2, 0.25) is 0 Å². The SMILES string of the molecule is BrCCCCNCc1ccn(C2CCCCC2)n1. The molecule has 0 bridgehead atoms. The average molecular weight is 314 g/mol. The third kappa shape index (κ3) is 4.39. The smallest absolute Gasteiger partial charge is 0.0762 e. The van der Waals surface area contributed by atoms with Gasteiger partial charge in [-0.1, -0.05) is 35.2 Å². The van der Waals surface area contributed by atoms with E-state index in [0.29, 0.717) is 6.04 Å². The van der Waals surface area contributed by atoms with Gasteiger partial charge in [0.15, 0.2) is 0 Å². The zero-order valence-corrected chi connectivity index (χ0v) is 12.7. The summed E-state index contributed by atoms with van der Waals surface area (Å²) in [6, 6.07) is 2.81. The van der Waals surface area contributed by atoms with Crippen LogP contribution in [0.25, 0.3) is 0 Å². The molecule has 1 aromatic rings. The number of alkyl halides is 1. The monoisotopic (exact) mass is 313 g/mol. The van der Waals surface area contributed by atoms with E-state index in [2.05, 4.69) is 38.2 Å². The molecule has 0 amide bonds. The summed E-state index contributed by atoms with van der Waals surface area (Å²) in [5, 5.41) is 9.25. The Bertz CT molecular complexity index is 332.